The molecule has 0 spiro atoms. The number of anilines is 2. The fourth-order valence-corrected chi connectivity index (χ4v) is 3.94. The van der Waals surface area contributed by atoms with Gasteiger partial charge in [-0.25, -0.2) is 9.78 Å². The van der Waals surface area contributed by atoms with Gasteiger partial charge in [-0.15, -0.1) is 0 Å². The van der Waals surface area contributed by atoms with Crippen molar-refractivity contribution in [2.45, 2.75) is 0 Å². The summed E-state index contributed by atoms with van der Waals surface area (Å²) in [4.78, 5) is 21.2. The molecule has 150 valence electrons. The number of carbonyl (C=O) groups is 1. The molecule has 0 atom stereocenters. The van der Waals surface area contributed by atoms with Gasteiger partial charge >= 0.3 is 6.03 Å². The van der Waals surface area contributed by atoms with Gasteiger partial charge in [0.25, 0.3) is 0 Å². The summed E-state index contributed by atoms with van der Waals surface area (Å²) in [5, 5.41) is 5.07. The van der Waals surface area contributed by atoms with E-state index in [1.54, 1.807) is 18.1 Å². The van der Waals surface area contributed by atoms with E-state index in [2.05, 4.69) is 15.2 Å². The van der Waals surface area contributed by atoms with Gasteiger partial charge in [-0.2, -0.15) is 0 Å². The predicted molar refractivity (Wildman–Crippen MR) is 118 cm³/mol. The lowest BCUT2D eigenvalue weighted by atomic mass is 10.2. The third-order valence-electron chi connectivity index (χ3n) is 4.90. The number of methoxy groups -OCH3 is 1. The average molecular weight is 431 g/mol. The van der Waals surface area contributed by atoms with E-state index in [4.69, 9.17) is 27.9 Å². The SMILES string of the molecule is COc1nc2ccccc2cc1NC(=O)N1CCN(c2cc(Cl)cc(Cl)c2)CC1. The first kappa shape index (κ1) is 19.6. The molecule has 1 aliphatic rings. The molecule has 1 fully saturated rings. The molecule has 1 aromatic heterocycles. The number of piperazine rings is 1. The number of para-hydroxylation sites is 1. The number of halogens is 2. The van der Waals surface area contributed by atoms with Gasteiger partial charge < -0.3 is 19.9 Å². The molecule has 1 saturated heterocycles. The van der Waals surface area contributed by atoms with Gasteiger partial charge in [0.1, 0.15) is 5.69 Å². The minimum absolute atomic E-state index is 0.177. The number of hydrogen-bond acceptors (Lipinski definition) is 4. The van der Waals surface area contributed by atoms with E-state index in [1.807, 2.05) is 42.5 Å². The van der Waals surface area contributed by atoms with Crippen molar-refractivity contribution in [3.05, 3.63) is 58.6 Å². The van der Waals surface area contributed by atoms with Crippen LogP contribution in [0.25, 0.3) is 10.9 Å². The maximum atomic E-state index is 12.8. The molecule has 2 amide bonds. The smallest absolute Gasteiger partial charge is 0.322 e. The molecule has 3 aromatic rings. The van der Waals surface area contributed by atoms with E-state index in [-0.39, 0.29) is 6.03 Å². The molecule has 0 bridgehead atoms. The van der Waals surface area contributed by atoms with Crippen molar-refractivity contribution in [3.8, 4) is 5.88 Å². The number of benzene rings is 2. The van der Waals surface area contributed by atoms with Crippen molar-refractivity contribution in [3.63, 3.8) is 0 Å². The van der Waals surface area contributed by atoms with Crippen molar-refractivity contribution in [2.24, 2.45) is 0 Å². The van der Waals surface area contributed by atoms with Crippen molar-refractivity contribution in [1.82, 2.24) is 9.88 Å². The Labute approximate surface area is 179 Å². The van der Waals surface area contributed by atoms with Crippen LogP contribution in [0.3, 0.4) is 0 Å². The molecule has 0 radical (unpaired) electrons. The van der Waals surface area contributed by atoms with Crippen molar-refractivity contribution in [2.75, 3.05) is 43.5 Å². The van der Waals surface area contributed by atoms with Gasteiger partial charge in [-0.05, 0) is 30.3 Å². The van der Waals surface area contributed by atoms with Crippen LogP contribution in [0.1, 0.15) is 0 Å². The zero-order valence-electron chi connectivity index (χ0n) is 15.9. The number of nitrogens with zero attached hydrogens (tertiary/aromatic N) is 3. The first-order chi connectivity index (χ1) is 14.0. The van der Waals surface area contributed by atoms with Crippen LogP contribution in [0.2, 0.25) is 10.0 Å². The summed E-state index contributed by atoms with van der Waals surface area (Å²) in [7, 11) is 1.54. The molecule has 6 nitrogen and oxygen atoms in total. The number of carbonyl (C=O) groups excluding carboxylic acids is 1. The summed E-state index contributed by atoms with van der Waals surface area (Å²) in [6.07, 6.45) is 0. The number of amides is 2. The fourth-order valence-electron chi connectivity index (χ4n) is 3.43. The highest BCUT2D eigenvalue weighted by Gasteiger charge is 2.23. The Morgan fingerprint density at radius 2 is 1.72 bits per heavy atom. The molecule has 29 heavy (non-hydrogen) atoms. The maximum Gasteiger partial charge on any atom is 0.322 e. The topological polar surface area (TPSA) is 57.7 Å². The molecule has 1 N–H and O–H groups in total. The molecule has 8 heteroatoms. The van der Waals surface area contributed by atoms with Gasteiger partial charge in [-0.1, -0.05) is 41.4 Å². The van der Waals surface area contributed by atoms with Gasteiger partial charge in [0.15, 0.2) is 0 Å². The van der Waals surface area contributed by atoms with Crippen molar-refractivity contribution in [1.29, 1.82) is 0 Å². The minimum Gasteiger partial charge on any atom is -0.479 e. The molecule has 0 aliphatic carbocycles. The third kappa shape index (κ3) is 4.33. The lowest BCUT2D eigenvalue weighted by Crippen LogP contribution is -2.50. The van der Waals surface area contributed by atoms with Gasteiger partial charge in [0, 0.05) is 47.3 Å². The van der Waals surface area contributed by atoms with E-state index in [9.17, 15) is 4.79 Å². The van der Waals surface area contributed by atoms with Crippen LogP contribution in [-0.2, 0) is 0 Å². The van der Waals surface area contributed by atoms with Crippen LogP contribution < -0.4 is 15.0 Å². The highest BCUT2D eigenvalue weighted by Crippen LogP contribution is 2.28. The second kappa shape index (κ2) is 8.35. The Morgan fingerprint density at radius 3 is 2.41 bits per heavy atom. The molecule has 2 aromatic carbocycles. The molecule has 1 aliphatic heterocycles. The average Bonchev–Trinajstić information content (AvgIpc) is 2.72. The monoisotopic (exact) mass is 430 g/mol. The highest BCUT2D eigenvalue weighted by atomic mass is 35.5. The standard InChI is InChI=1S/C21H20Cl2N4O2/c1-29-20-19(10-14-4-2-3-5-18(14)24-20)25-21(28)27-8-6-26(7-9-27)17-12-15(22)11-16(23)13-17/h2-5,10-13H,6-9H2,1H3,(H,25,28). The number of fused-ring (bicyclic) bond motifs is 1. The second-order valence-electron chi connectivity index (χ2n) is 6.77. The Bertz CT molecular complexity index is 1030. The number of urea groups is 1. The van der Waals surface area contributed by atoms with E-state index < -0.39 is 0 Å². The summed E-state index contributed by atoms with van der Waals surface area (Å²) < 4.78 is 5.36. The summed E-state index contributed by atoms with van der Waals surface area (Å²) in [6.45, 7) is 2.55. The predicted octanol–water partition coefficient (Wildman–Crippen LogP) is 4.90. The van der Waals surface area contributed by atoms with E-state index >= 15 is 0 Å². The lowest BCUT2D eigenvalue weighted by molar-refractivity contribution is 0.208. The zero-order chi connectivity index (χ0) is 20.4. The van der Waals surface area contributed by atoms with Crippen LogP contribution in [0.4, 0.5) is 16.2 Å². The fraction of sp³-hybridized carbons (Fsp3) is 0.238. The number of pyridine rings is 1. The maximum absolute atomic E-state index is 12.8. The van der Waals surface area contributed by atoms with Crippen LogP contribution in [0.15, 0.2) is 48.5 Å². The third-order valence-corrected chi connectivity index (χ3v) is 5.34. The van der Waals surface area contributed by atoms with Crippen LogP contribution in [-0.4, -0.2) is 49.2 Å². The van der Waals surface area contributed by atoms with Gasteiger partial charge in [0.05, 0.1) is 12.6 Å². The lowest BCUT2D eigenvalue weighted by Gasteiger charge is -2.36. The summed E-state index contributed by atoms with van der Waals surface area (Å²) in [5.41, 5.74) is 2.33. The Morgan fingerprint density at radius 1 is 1.03 bits per heavy atom. The van der Waals surface area contributed by atoms with Crippen molar-refractivity contribution >= 4 is 51.5 Å². The molecule has 4 rings (SSSR count). The zero-order valence-corrected chi connectivity index (χ0v) is 17.4. The van der Waals surface area contributed by atoms with Crippen LogP contribution >= 0.6 is 23.2 Å². The summed E-state index contributed by atoms with van der Waals surface area (Å²) in [6, 6.07) is 14.9. The number of aromatic nitrogens is 1. The van der Waals surface area contributed by atoms with E-state index in [0.717, 1.165) is 16.6 Å². The minimum atomic E-state index is -0.177. The number of rotatable bonds is 3. The molecule has 0 saturated carbocycles. The quantitative estimate of drug-likeness (QED) is 0.641. The largest absolute Gasteiger partial charge is 0.479 e. The Balaban J connectivity index is 1.44. The van der Waals surface area contributed by atoms with Crippen molar-refractivity contribution < 1.29 is 9.53 Å². The summed E-state index contributed by atoms with van der Waals surface area (Å²) in [5.74, 6) is 0.393. The Hall–Kier alpha value is -2.70. The van der Waals surface area contributed by atoms with E-state index in [0.29, 0.717) is 47.8 Å². The van der Waals surface area contributed by atoms with Crippen LogP contribution in [0, 0.1) is 0 Å². The number of nitrogens with one attached hydrogen (secondary N) is 1. The first-order valence-electron chi connectivity index (χ1n) is 9.24. The van der Waals surface area contributed by atoms with Gasteiger partial charge in [-0.3, -0.25) is 0 Å². The summed E-state index contributed by atoms with van der Waals surface area (Å²) >= 11 is 12.2. The van der Waals surface area contributed by atoms with E-state index in [1.165, 1.54) is 0 Å². The van der Waals surface area contributed by atoms with Gasteiger partial charge in [0.2, 0.25) is 5.88 Å². The van der Waals surface area contributed by atoms with Crippen LogP contribution in [0.5, 0.6) is 5.88 Å². The Kier molecular flexibility index (Phi) is 5.65. The normalized spacial score (nSPS) is 14.2. The molecule has 0 unspecified atom stereocenters. The number of ether oxygens (including phenoxy) is 1. The highest BCUT2D eigenvalue weighted by molar-refractivity contribution is 6.35. The molecular formula is C21H20Cl2N4O2. The number of hydrogen-bond donors (Lipinski definition) is 1. The first-order valence-corrected chi connectivity index (χ1v) is 10.00. The second-order valence-corrected chi connectivity index (χ2v) is 7.64. The molecule has 2 heterocycles. The molecular weight excluding hydrogens is 411 g/mol.